The van der Waals surface area contributed by atoms with Crippen molar-refractivity contribution < 1.29 is 8.42 Å². The van der Waals surface area contributed by atoms with Gasteiger partial charge < -0.3 is 0 Å². The number of sulfonamides is 1. The van der Waals surface area contributed by atoms with Crippen LogP contribution in [0.3, 0.4) is 0 Å². The van der Waals surface area contributed by atoms with Crippen molar-refractivity contribution in [3.05, 3.63) is 60.2 Å². The highest BCUT2D eigenvalue weighted by molar-refractivity contribution is 7.89. The summed E-state index contributed by atoms with van der Waals surface area (Å²) in [6, 6.07) is 9.38. The van der Waals surface area contributed by atoms with Gasteiger partial charge in [-0.25, -0.2) is 17.8 Å². The average molecular weight is 331 g/mol. The summed E-state index contributed by atoms with van der Waals surface area (Å²) in [5.41, 5.74) is 2.27. The molecule has 3 aromatic rings. The van der Waals surface area contributed by atoms with E-state index in [1.165, 1.54) is 10.9 Å². The van der Waals surface area contributed by atoms with Crippen LogP contribution in [0.5, 0.6) is 0 Å². The summed E-state index contributed by atoms with van der Waals surface area (Å²) in [5.74, 6) is 0. The number of rotatable bonds is 5. The minimum absolute atomic E-state index is 0.202. The summed E-state index contributed by atoms with van der Waals surface area (Å²) in [5, 5.41) is 8.21. The molecule has 0 saturated heterocycles. The third kappa shape index (κ3) is 3.33. The Balaban J connectivity index is 1.72. The van der Waals surface area contributed by atoms with Crippen molar-refractivity contribution >= 4 is 10.0 Å². The zero-order chi connectivity index (χ0) is 16.4. The summed E-state index contributed by atoms with van der Waals surface area (Å²) >= 11 is 0. The zero-order valence-corrected chi connectivity index (χ0v) is 13.7. The van der Waals surface area contributed by atoms with Gasteiger partial charge in [-0.15, -0.1) is 0 Å². The summed E-state index contributed by atoms with van der Waals surface area (Å²) < 4.78 is 30.5. The van der Waals surface area contributed by atoms with Gasteiger partial charge in [-0.2, -0.15) is 10.2 Å². The van der Waals surface area contributed by atoms with Crippen LogP contribution in [0.2, 0.25) is 0 Å². The molecule has 0 bridgehead atoms. The van der Waals surface area contributed by atoms with Crippen LogP contribution in [0.1, 0.15) is 11.3 Å². The van der Waals surface area contributed by atoms with Gasteiger partial charge in [0.2, 0.25) is 10.0 Å². The Morgan fingerprint density at radius 3 is 2.52 bits per heavy atom. The number of nitrogens with zero attached hydrogens (tertiary/aromatic N) is 4. The van der Waals surface area contributed by atoms with Crippen molar-refractivity contribution in [2.24, 2.45) is 7.05 Å². The van der Waals surface area contributed by atoms with Gasteiger partial charge in [-0.1, -0.05) is 12.1 Å². The SMILES string of the molecule is Cc1nn(C)cc1S(=O)(=O)NCc1ccc(-n2cccn2)cc1. The fraction of sp³-hybridized carbons (Fsp3) is 0.200. The van der Waals surface area contributed by atoms with Crippen molar-refractivity contribution in [3.63, 3.8) is 0 Å². The number of hydrogen-bond donors (Lipinski definition) is 1. The monoisotopic (exact) mass is 331 g/mol. The van der Waals surface area contributed by atoms with E-state index in [-0.39, 0.29) is 11.4 Å². The van der Waals surface area contributed by atoms with E-state index in [0.29, 0.717) is 5.69 Å². The predicted molar refractivity (Wildman–Crippen MR) is 85.5 cm³/mol. The second-order valence-electron chi connectivity index (χ2n) is 5.19. The quantitative estimate of drug-likeness (QED) is 0.766. The molecular formula is C15H17N5O2S. The molecule has 0 unspecified atom stereocenters. The van der Waals surface area contributed by atoms with Gasteiger partial charge in [0.25, 0.3) is 0 Å². The molecule has 1 N–H and O–H groups in total. The largest absolute Gasteiger partial charge is 0.274 e. The predicted octanol–water partition coefficient (Wildman–Crippen LogP) is 1.39. The van der Waals surface area contributed by atoms with Gasteiger partial charge in [0.15, 0.2) is 0 Å². The van der Waals surface area contributed by atoms with Crippen molar-refractivity contribution in [1.82, 2.24) is 24.3 Å². The lowest BCUT2D eigenvalue weighted by molar-refractivity contribution is 0.580. The van der Waals surface area contributed by atoms with Crippen LogP contribution in [0.15, 0.2) is 53.8 Å². The van der Waals surface area contributed by atoms with Crippen LogP contribution < -0.4 is 4.72 Å². The molecule has 3 rings (SSSR count). The van der Waals surface area contributed by atoms with E-state index < -0.39 is 10.0 Å². The van der Waals surface area contributed by atoms with Crippen molar-refractivity contribution in [1.29, 1.82) is 0 Å². The maximum absolute atomic E-state index is 12.3. The first-order valence-corrected chi connectivity index (χ1v) is 8.53. The maximum atomic E-state index is 12.3. The molecule has 120 valence electrons. The molecule has 0 spiro atoms. The topological polar surface area (TPSA) is 81.8 Å². The van der Waals surface area contributed by atoms with Crippen LogP contribution in [0, 0.1) is 6.92 Å². The van der Waals surface area contributed by atoms with E-state index in [1.54, 1.807) is 24.9 Å². The Morgan fingerprint density at radius 2 is 1.96 bits per heavy atom. The van der Waals surface area contributed by atoms with Gasteiger partial charge in [0.1, 0.15) is 4.90 Å². The third-order valence-electron chi connectivity index (χ3n) is 3.43. The molecule has 0 radical (unpaired) electrons. The van der Waals surface area contributed by atoms with E-state index in [2.05, 4.69) is 14.9 Å². The highest BCUT2D eigenvalue weighted by Crippen LogP contribution is 2.14. The molecule has 0 fully saturated rings. The minimum Gasteiger partial charge on any atom is -0.274 e. The van der Waals surface area contributed by atoms with Gasteiger partial charge in [-0.3, -0.25) is 4.68 Å². The summed E-state index contributed by atoms with van der Waals surface area (Å²) in [7, 11) is -1.88. The number of aromatic nitrogens is 4. The molecule has 0 aliphatic carbocycles. The number of hydrogen-bond acceptors (Lipinski definition) is 4. The van der Waals surface area contributed by atoms with Crippen molar-refractivity contribution in [2.75, 3.05) is 0 Å². The maximum Gasteiger partial charge on any atom is 0.244 e. The fourth-order valence-corrected chi connectivity index (χ4v) is 3.52. The summed E-state index contributed by atoms with van der Waals surface area (Å²) in [4.78, 5) is 0.202. The first kappa shape index (κ1) is 15.4. The normalized spacial score (nSPS) is 11.7. The molecule has 2 aromatic heterocycles. The average Bonchev–Trinajstić information content (AvgIpc) is 3.16. The van der Waals surface area contributed by atoms with Crippen LogP contribution in [-0.2, 0) is 23.6 Å². The molecular weight excluding hydrogens is 314 g/mol. The Morgan fingerprint density at radius 1 is 1.22 bits per heavy atom. The first-order chi connectivity index (χ1) is 11.0. The lowest BCUT2D eigenvalue weighted by Crippen LogP contribution is -2.23. The van der Waals surface area contributed by atoms with Crippen LogP contribution in [0.4, 0.5) is 0 Å². The third-order valence-corrected chi connectivity index (χ3v) is 4.93. The molecule has 0 aliphatic rings. The van der Waals surface area contributed by atoms with E-state index >= 15 is 0 Å². The molecule has 7 nitrogen and oxygen atoms in total. The standard InChI is InChI=1S/C15H17N5O2S/c1-12-15(11-19(2)18-12)23(21,22)17-10-13-4-6-14(7-5-13)20-9-3-8-16-20/h3-9,11,17H,10H2,1-2H3. The van der Waals surface area contributed by atoms with Crippen LogP contribution in [-0.4, -0.2) is 28.0 Å². The highest BCUT2D eigenvalue weighted by atomic mass is 32.2. The molecule has 8 heteroatoms. The summed E-state index contributed by atoms with van der Waals surface area (Å²) in [6.45, 7) is 1.89. The number of benzene rings is 1. The zero-order valence-electron chi connectivity index (χ0n) is 12.8. The van der Waals surface area contributed by atoms with Gasteiger partial charge in [0.05, 0.1) is 11.4 Å². The van der Waals surface area contributed by atoms with Gasteiger partial charge >= 0.3 is 0 Å². The van der Waals surface area contributed by atoms with E-state index in [0.717, 1.165) is 11.3 Å². The fourth-order valence-electron chi connectivity index (χ4n) is 2.29. The van der Waals surface area contributed by atoms with Crippen molar-refractivity contribution in [3.8, 4) is 5.69 Å². The number of nitrogens with one attached hydrogen (secondary N) is 1. The van der Waals surface area contributed by atoms with E-state index in [4.69, 9.17) is 0 Å². The van der Waals surface area contributed by atoms with Gasteiger partial charge in [-0.05, 0) is 30.7 Å². The second kappa shape index (κ2) is 5.98. The molecule has 2 heterocycles. The highest BCUT2D eigenvalue weighted by Gasteiger charge is 2.19. The Hall–Kier alpha value is -2.45. The van der Waals surface area contributed by atoms with Crippen molar-refractivity contribution in [2.45, 2.75) is 18.4 Å². The lowest BCUT2D eigenvalue weighted by atomic mass is 10.2. The van der Waals surface area contributed by atoms with E-state index in [1.807, 2.05) is 36.5 Å². The minimum atomic E-state index is -3.57. The smallest absolute Gasteiger partial charge is 0.244 e. The second-order valence-corrected chi connectivity index (χ2v) is 6.93. The Bertz CT molecular complexity index is 896. The lowest BCUT2D eigenvalue weighted by Gasteiger charge is -2.07. The van der Waals surface area contributed by atoms with E-state index in [9.17, 15) is 8.42 Å². The van der Waals surface area contributed by atoms with Crippen LogP contribution in [0.25, 0.3) is 5.69 Å². The Kier molecular flexibility index (Phi) is 4.01. The first-order valence-electron chi connectivity index (χ1n) is 7.04. The molecule has 0 aliphatic heterocycles. The van der Waals surface area contributed by atoms with Gasteiger partial charge in [0, 0.05) is 32.2 Å². The van der Waals surface area contributed by atoms with Crippen LogP contribution >= 0.6 is 0 Å². The molecule has 0 amide bonds. The molecule has 0 atom stereocenters. The molecule has 1 aromatic carbocycles. The molecule has 0 saturated carbocycles. The summed E-state index contributed by atoms with van der Waals surface area (Å²) in [6.07, 6.45) is 5.06. The molecule has 23 heavy (non-hydrogen) atoms. The number of aryl methyl sites for hydroxylation is 2. The Labute approximate surface area is 134 Å².